The molecule has 16 heavy (non-hydrogen) atoms. The normalized spacial score (nSPS) is 9.56. The molecule has 1 rings (SSSR count). The molecular weight excluding hydrogens is 338 g/mol. The molecule has 0 saturated carbocycles. The average molecular weight is 349 g/mol. The van der Waals surface area contributed by atoms with Crippen molar-refractivity contribution in [2.45, 2.75) is 0 Å². The first-order chi connectivity index (χ1) is 7.63. The Morgan fingerprint density at radius 2 is 2.31 bits per heavy atom. The van der Waals surface area contributed by atoms with Gasteiger partial charge in [0.25, 0.3) is 0 Å². The molecule has 0 aliphatic heterocycles. The van der Waals surface area contributed by atoms with E-state index in [0.717, 1.165) is 9.26 Å². The van der Waals surface area contributed by atoms with Crippen molar-refractivity contribution in [3.63, 3.8) is 0 Å². The van der Waals surface area contributed by atoms with Crippen LogP contribution in [0.2, 0.25) is 5.02 Å². The smallest absolute Gasteiger partial charge is 0.238 e. The summed E-state index contributed by atoms with van der Waals surface area (Å²) < 4.78 is 0.899. The number of halogens is 2. The molecule has 0 bridgehead atoms. The Bertz CT molecular complexity index is 428. The quantitative estimate of drug-likeness (QED) is 0.497. The number of terminal acetylenes is 1. The average Bonchev–Trinajstić information content (AvgIpc) is 2.23. The fourth-order valence-corrected chi connectivity index (χ4v) is 2.04. The van der Waals surface area contributed by atoms with Crippen molar-refractivity contribution in [1.82, 2.24) is 5.32 Å². The van der Waals surface area contributed by atoms with Crippen LogP contribution in [0.4, 0.5) is 5.69 Å². The van der Waals surface area contributed by atoms with Crippen molar-refractivity contribution in [1.29, 1.82) is 0 Å². The third kappa shape index (κ3) is 4.39. The number of nitrogens with one attached hydrogen (secondary N) is 2. The van der Waals surface area contributed by atoms with Gasteiger partial charge in [0.2, 0.25) is 5.91 Å². The van der Waals surface area contributed by atoms with E-state index >= 15 is 0 Å². The second kappa shape index (κ2) is 6.74. The van der Waals surface area contributed by atoms with E-state index in [-0.39, 0.29) is 12.5 Å². The lowest BCUT2D eigenvalue weighted by Crippen LogP contribution is -2.28. The Balaban J connectivity index is 2.53. The number of anilines is 1. The SMILES string of the molecule is C#CCNCC(=O)Nc1ccc(Cl)cc1I. The van der Waals surface area contributed by atoms with Gasteiger partial charge >= 0.3 is 0 Å². The number of hydrogen-bond donors (Lipinski definition) is 2. The predicted octanol–water partition coefficient (Wildman–Crippen LogP) is 2.11. The molecule has 3 nitrogen and oxygen atoms in total. The molecule has 1 amide bonds. The summed E-state index contributed by atoms with van der Waals surface area (Å²) in [5.41, 5.74) is 0.748. The van der Waals surface area contributed by atoms with Crippen molar-refractivity contribution in [3.8, 4) is 12.3 Å². The largest absolute Gasteiger partial charge is 0.324 e. The fraction of sp³-hybridized carbons (Fsp3) is 0.182. The van der Waals surface area contributed by atoms with Crippen molar-refractivity contribution in [3.05, 3.63) is 26.8 Å². The van der Waals surface area contributed by atoms with Crippen LogP contribution in [0.1, 0.15) is 0 Å². The number of rotatable bonds is 4. The highest BCUT2D eigenvalue weighted by atomic mass is 127. The van der Waals surface area contributed by atoms with E-state index in [1.54, 1.807) is 18.2 Å². The maximum absolute atomic E-state index is 11.4. The van der Waals surface area contributed by atoms with Gasteiger partial charge in [-0.3, -0.25) is 10.1 Å². The maximum atomic E-state index is 11.4. The van der Waals surface area contributed by atoms with Gasteiger partial charge in [-0.2, -0.15) is 0 Å². The number of carbonyl (C=O) groups is 1. The summed E-state index contributed by atoms with van der Waals surface area (Å²) >= 11 is 7.92. The summed E-state index contributed by atoms with van der Waals surface area (Å²) in [5.74, 6) is 2.27. The molecule has 0 atom stereocenters. The number of amides is 1. The minimum absolute atomic E-state index is 0.129. The first kappa shape index (κ1) is 13.3. The third-order valence-electron chi connectivity index (χ3n) is 1.72. The zero-order valence-corrected chi connectivity index (χ0v) is 11.3. The van der Waals surface area contributed by atoms with Crippen molar-refractivity contribution >= 4 is 45.8 Å². The third-order valence-corrected chi connectivity index (χ3v) is 2.85. The highest BCUT2D eigenvalue weighted by Crippen LogP contribution is 2.21. The molecule has 0 heterocycles. The first-order valence-electron chi connectivity index (χ1n) is 4.52. The summed E-state index contributed by atoms with van der Waals surface area (Å²) in [7, 11) is 0. The van der Waals surface area contributed by atoms with Gasteiger partial charge in [0.1, 0.15) is 0 Å². The molecular formula is C11H10ClIN2O. The van der Waals surface area contributed by atoms with Crippen LogP contribution < -0.4 is 10.6 Å². The fourth-order valence-electron chi connectivity index (χ4n) is 1.03. The Labute approximate surface area is 113 Å². The zero-order chi connectivity index (χ0) is 12.0. The summed E-state index contributed by atoms with van der Waals surface area (Å²) in [5, 5.41) is 6.22. The second-order valence-corrected chi connectivity index (χ2v) is 4.58. The molecule has 1 aromatic carbocycles. The van der Waals surface area contributed by atoms with Crippen LogP contribution in [-0.4, -0.2) is 19.0 Å². The van der Waals surface area contributed by atoms with Crippen molar-refractivity contribution in [2.75, 3.05) is 18.4 Å². The molecule has 0 fully saturated rings. The Kier molecular flexibility index (Phi) is 5.60. The molecule has 1 aromatic rings. The molecule has 0 radical (unpaired) electrons. The zero-order valence-electron chi connectivity index (χ0n) is 8.39. The lowest BCUT2D eigenvalue weighted by Gasteiger charge is -2.07. The highest BCUT2D eigenvalue weighted by molar-refractivity contribution is 14.1. The second-order valence-electron chi connectivity index (χ2n) is 2.98. The van der Waals surface area contributed by atoms with E-state index in [0.29, 0.717) is 11.6 Å². The summed E-state index contributed by atoms with van der Waals surface area (Å²) in [6.45, 7) is 0.577. The van der Waals surface area contributed by atoms with Crippen LogP contribution in [0.5, 0.6) is 0 Å². The van der Waals surface area contributed by atoms with E-state index in [1.165, 1.54) is 0 Å². The van der Waals surface area contributed by atoms with Gasteiger partial charge in [-0.15, -0.1) is 6.42 Å². The van der Waals surface area contributed by atoms with Gasteiger partial charge in [0.05, 0.1) is 18.8 Å². The highest BCUT2D eigenvalue weighted by Gasteiger charge is 2.04. The topological polar surface area (TPSA) is 41.1 Å². The van der Waals surface area contributed by atoms with Crippen molar-refractivity contribution < 1.29 is 4.79 Å². The molecule has 0 aliphatic carbocycles. The maximum Gasteiger partial charge on any atom is 0.238 e. The van der Waals surface area contributed by atoms with E-state index in [4.69, 9.17) is 18.0 Å². The number of benzene rings is 1. The Morgan fingerprint density at radius 1 is 1.56 bits per heavy atom. The predicted molar refractivity (Wildman–Crippen MR) is 74.5 cm³/mol. The number of hydrogen-bond acceptors (Lipinski definition) is 2. The molecule has 0 unspecified atom stereocenters. The standard InChI is InChI=1S/C11H10ClIN2O/c1-2-5-14-7-11(16)15-10-4-3-8(12)6-9(10)13/h1,3-4,6,14H,5,7H2,(H,15,16). The van der Waals surface area contributed by atoms with Crippen LogP contribution >= 0.6 is 34.2 Å². The molecule has 0 saturated heterocycles. The van der Waals surface area contributed by atoms with Gasteiger partial charge in [-0.05, 0) is 40.8 Å². The summed E-state index contributed by atoms with van der Waals surface area (Å²) in [4.78, 5) is 11.4. The van der Waals surface area contributed by atoms with Crippen LogP contribution in [0.25, 0.3) is 0 Å². The summed E-state index contributed by atoms with van der Waals surface area (Å²) in [6.07, 6.45) is 5.05. The van der Waals surface area contributed by atoms with Crippen LogP contribution in [0.15, 0.2) is 18.2 Å². The van der Waals surface area contributed by atoms with Crippen molar-refractivity contribution in [2.24, 2.45) is 0 Å². The summed E-state index contributed by atoms with van der Waals surface area (Å²) in [6, 6.07) is 5.28. The van der Waals surface area contributed by atoms with E-state index in [9.17, 15) is 4.79 Å². The minimum Gasteiger partial charge on any atom is -0.324 e. The van der Waals surface area contributed by atoms with Crippen LogP contribution in [-0.2, 0) is 4.79 Å². The molecule has 0 aromatic heterocycles. The van der Waals surface area contributed by atoms with Gasteiger partial charge in [0.15, 0.2) is 0 Å². The van der Waals surface area contributed by atoms with E-state index < -0.39 is 0 Å². The monoisotopic (exact) mass is 348 g/mol. The van der Waals surface area contributed by atoms with E-state index in [2.05, 4.69) is 39.1 Å². The Hall–Kier alpha value is -0.770. The first-order valence-corrected chi connectivity index (χ1v) is 5.98. The van der Waals surface area contributed by atoms with Crippen LogP contribution in [0.3, 0.4) is 0 Å². The lowest BCUT2D eigenvalue weighted by atomic mass is 10.3. The van der Waals surface area contributed by atoms with Gasteiger partial charge in [0, 0.05) is 8.59 Å². The molecule has 0 spiro atoms. The van der Waals surface area contributed by atoms with Gasteiger partial charge in [-0.25, -0.2) is 0 Å². The van der Waals surface area contributed by atoms with E-state index in [1.807, 2.05) is 0 Å². The minimum atomic E-state index is -0.129. The van der Waals surface area contributed by atoms with Crippen LogP contribution in [0, 0.1) is 15.9 Å². The lowest BCUT2D eigenvalue weighted by molar-refractivity contribution is -0.115. The molecule has 2 N–H and O–H groups in total. The number of carbonyl (C=O) groups excluding carboxylic acids is 1. The Morgan fingerprint density at radius 3 is 2.94 bits per heavy atom. The molecule has 5 heteroatoms. The van der Waals surface area contributed by atoms with Gasteiger partial charge in [-0.1, -0.05) is 17.5 Å². The molecule has 84 valence electrons. The van der Waals surface area contributed by atoms with Gasteiger partial charge < -0.3 is 5.32 Å². The molecule has 0 aliphatic rings.